The van der Waals surface area contributed by atoms with Crippen molar-refractivity contribution in [1.82, 2.24) is 5.32 Å². The summed E-state index contributed by atoms with van der Waals surface area (Å²) in [5, 5.41) is 4.69. The van der Waals surface area contributed by atoms with Gasteiger partial charge in [-0.1, -0.05) is 19.3 Å². The Labute approximate surface area is 126 Å². The standard InChI is InChI=1S/C15H27NOS2/c1-2-5-15(6-3-1)10-13(4-7-17-15)16-11-14-12-18-8-9-19-14/h13-14,16H,1-12H2. The van der Waals surface area contributed by atoms with Gasteiger partial charge in [0.05, 0.1) is 5.60 Å². The van der Waals surface area contributed by atoms with Crippen LogP contribution in [-0.4, -0.2) is 47.3 Å². The SMILES string of the molecule is C1CCC2(CC1)CC(NCC1CSCCS1)CCO2. The van der Waals surface area contributed by atoms with Crippen LogP contribution in [0.2, 0.25) is 0 Å². The molecule has 1 aliphatic carbocycles. The van der Waals surface area contributed by atoms with Gasteiger partial charge in [0.15, 0.2) is 0 Å². The predicted molar refractivity (Wildman–Crippen MR) is 86.4 cm³/mol. The molecule has 0 amide bonds. The molecule has 2 heterocycles. The van der Waals surface area contributed by atoms with Gasteiger partial charge in [-0.3, -0.25) is 0 Å². The van der Waals surface area contributed by atoms with E-state index in [-0.39, 0.29) is 5.60 Å². The van der Waals surface area contributed by atoms with Gasteiger partial charge in [-0.2, -0.15) is 23.5 Å². The van der Waals surface area contributed by atoms with E-state index in [0.29, 0.717) is 6.04 Å². The maximum absolute atomic E-state index is 6.18. The van der Waals surface area contributed by atoms with E-state index in [0.717, 1.165) is 11.9 Å². The third-order valence-electron chi connectivity index (χ3n) is 4.78. The van der Waals surface area contributed by atoms with Crippen LogP contribution in [0.4, 0.5) is 0 Å². The van der Waals surface area contributed by atoms with Crippen molar-refractivity contribution >= 4 is 23.5 Å². The van der Waals surface area contributed by atoms with Gasteiger partial charge in [-0.05, 0) is 25.7 Å². The van der Waals surface area contributed by atoms with Crippen molar-refractivity contribution in [2.24, 2.45) is 0 Å². The van der Waals surface area contributed by atoms with Crippen LogP contribution in [0, 0.1) is 0 Å². The molecule has 1 N–H and O–H groups in total. The molecule has 4 heteroatoms. The molecule has 3 rings (SSSR count). The minimum Gasteiger partial charge on any atom is -0.375 e. The lowest BCUT2D eigenvalue weighted by Gasteiger charge is -2.44. The summed E-state index contributed by atoms with van der Waals surface area (Å²) in [6, 6.07) is 0.708. The van der Waals surface area contributed by atoms with E-state index >= 15 is 0 Å². The molecular formula is C15H27NOS2. The van der Waals surface area contributed by atoms with E-state index < -0.39 is 0 Å². The van der Waals surface area contributed by atoms with Crippen LogP contribution < -0.4 is 5.32 Å². The minimum absolute atomic E-state index is 0.253. The zero-order valence-electron chi connectivity index (χ0n) is 11.9. The molecule has 3 fully saturated rings. The van der Waals surface area contributed by atoms with Gasteiger partial charge in [0.2, 0.25) is 0 Å². The molecule has 2 aliphatic heterocycles. The van der Waals surface area contributed by atoms with Crippen LogP contribution in [-0.2, 0) is 4.74 Å². The van der Waals surface area contributed by atoms with Crippen LogP contribution in [0.15, 0.2) is 0 Å². The molecule has 1 saturated carbocycles. The maximum atomic E-state index is 6.18. The quantitative estimate of drug-likeness (QED) is 0.863. The van der Waals surface area contributed by atoms with Crippen molar-refractivity contribution in [3.05, 3.63) is 0 Å². The number of nitrogens with one attached hydrogen (secondary N) is 1. The van der Waals surface area contributed by atoms with Gasteiger partial charge in [-0.25, -0.2) is 0 Å². The van der Waals surface area contributed by atoms with E-state index in [1.165, 1.54) is 68.7 Å². The van der Waals surface area contributed by atoms with Gasteiger partial charge in [0.25, 0.3) is 0 Å². The molecule has 2 unspecified atom stereocenters. The summed E-state index contributed by atoms with van der Waals surface area (Å²) in [5.41, 5.74) is 0.253. The van der Waals surface area contributed by atoms with Crippen molar-refractivity contribution in [1.29, 1.82) is 0 Å². The summed E-state index contributed by atoms with van der Waals surface area (Å²) in [6.07, 6.45) is 9.26. The zero-order valence-corrected chi connectivity index (χ0v) is 13.5. The smallest absolute Gasteiger partial charge is 0.0697 e. The van der Waals surface area contributed by atoms with Gasteiger partial charge in [0, 0.05) is 41.7 Å². The number of hydrogen-bond donors (Lipinski definition) is 1. The highest BCUT2D eigenvalue weighted by molar-refractivity contribution is 8.06. The number of ether oxygens (including phenoxy) is 1. The zero-order chi connectivity index (χ0) is 13.0. The largest absolute Gasteiger partial charge is 0.375 e. The van der Waals surface area contributed by atoms with E-state index in [1.54, 1.807) is 0 Å². The molecule has 0 aromatic carbocycles. The fourth-order valence-corrected chi connectivity index (χ4v) is 6.32. The summed E-state index contributed by atoms with van der Waals surface area (Å²) < 4.78 is 6.18. The van der Waals surface area contributed by atoms with Gasteiger partial charge >= 0.3 is 0 Å². The van der Waals surface area contributed by atoms with Crippen LogP contribution in [0.1, 0.15) is 44.9 Å². The first kappa shape index (κ1) is 14.6. The van der Waals surface area contributed by atoms with Gasteiger partial charge in [-0.15, -0.1) is 0 Å². The lowest BCUT2D eigenvalue weighted by atomic mass is 9.78. The molecule has 2 saturated heterocycles. The summed E-state index contributed by atoms with van der Waals surface area (Å²) in [5.74, 6) is 4.03. The Morgan fingerprint density at radius 2 is 2.05 bits per heavy atom. The molecule has 2 atom stereocenters. The number of hydrogen-bond acceptors (Lipinski definition) is 4. The average molecular weight is 302 g/mol. The fraction of sp³-hybridized carbons (Fsp3) is 1.00. The molecular weight excluding hydrogens is 274 g/mol. The highest BCUT2D eigenvalue weighted by atomic mass is 32.2. The molecule has 0 bridgehead atoms. The summed E-state index contributed by atoms with van der Waals surface area (Å²) in [7, 11) is 0. The maximum Gasteiger partial charge on any atom is 0.0697 e. The second-order valence-electron chi connectivity index (χ2n) is 6.26. The lowest BCUT2D eigenvalue weighted by molar-refractivity contribution is -0.109. The van der Waals surface area contributed by atoms with E-state index in [4.69, 9.17) is 4.74 Å². The fourth-order valence-electron chi connectivity index (χ4n) is 3.70. The van der Waals surface area contributed by atoms with E-state index in [1.807, 2.05) is 0 Å². The predicted octanol–water partition coefficient (Wildman–Crippen LogP) is 3.31. The molecule has 0 aromatic rings. The summed E-state index contributed by atoms with van der Waals surface area (Å²) >= 11 is 4.29. The van der Waals surface area contributed by atoms with Crippen molar-refractivity contribution in [2.75, 3.05) is 30.4 Å². The second kappa shape index (κ2) is 7.06. The minimum atomic E-state index is 0.253. The van der Waals surface area contributed by atoms with Crippen molar-refractivity contribution in [2.45, 2.75) is 61.8 Å². The molecule has 2 nitrogen and oxygen atoms in total. The van der Waals surface area contributed by atoms with Crippen molar-refractivity contribution in [3.63, 3.8) is 0 Å². The Morgan fingerprint density at radius 1 is 1.16 bits per heavy atom. The third kappa shape index (κ3) is 4.05. The molecule has 0 aromatic heterocycles. The molecule has 0 radical (unpaired) electrons. The van der Waals surface area contributed by atoms with Crippen LogP contribution in [0.3, 0.4) is 0 Å². The second-order valence-corrected chi connectivity index (χ2v) is 8.82. The van der Waals surface area contributed by atoms with Crippen molar-refractivity contribution < 1.29 is 4.74 Å². The lowest BCUT2D eigenvalue weighted by Crippen LogP contribution is -2.49. The Kier molecular flexibility index (Phi) is 5.41. The Hall–Kier alpha value is 0.620. The summed E-state index contributed by atoms with van der Waals surface area (Å²) in [6.45, 7) is 2.18. The highest BCUT2D eigenvalue weighted by Gasteiger charge is 2.38. The Balaban J connectivity index is 1.45. The van der Waals surface area contributed by atoms with Crippen molar-refractivity contribution in [3.8, 4) is 0 Å². The third-order valence-corrected chi connectivity index (χ3v) is 7.62. The van der Waals surface area contributed by atoms with Gasteiger partial charge < -0.3 is 10.1 Å². The van der Waals surface area contributed by atoms with Gasteiger partial charge in [0.1, 0.15) is 0 Å². The van der Waals surface area contributed by atoms with Crippen LogP contribution in [0.25, 0.3) is 0 Å². The monoisotopic (exact) mass is 301 g/mol. The Bertz CT molecular complexity index is 270. The first-order chi connectivity index (χ1) is 9.36. The summed E-state index contributed by atoms with van der Waals surface area (Å²) in [4.78, 5) is 0. The van der Waals surface area contributed by atoms with Crippen LogP contribution in [0.5, 0.6) is 0 Å². The van der Waals surface area contributed by atoms with E-state index in [2.05, 4.69) is 28.8 Å². The first-order valence-corrected chi connectivity index (χ1v) is 10.1. The Morgan fingerprint density at radius 3 is 2.84 bits per heavy atom. The first-order valence-electron chi connectivity index (χ1n) is 7.93. The number of thioether (sulfide) groups is 2. The topological polar surface area (TPSA) is 21.3 Å². The van der Waals surface area contributed by atoms with E-state index in [9.17, 15) is 0 Å². The molecule has 110 valence electrons. The molecule has 19 heavy (non-hydrogen) atoms. The van der Waals surface area contributed by atoms with Crippen LogP contribution >= 0.6 is 23.5 Å². The molecule has 3 aliphatic rings. The highest BCUT2D eigenvalue weighted by Crippen LogP contribution is 2.38. The number of rotatable bonds is 3. The average Bonchev–Trinajstić information content (AvgIpc) is 2.47. The molecule has 1 spiro atoms. The normalized spacial score (nSPS) is 35.4.